The van der Waals surface area contributed by atoms with Gasteiger partial charge in [-0.3, -0.25) is 0 Å². The Morgan fingerprint density at radius 2 is 1.34 bits per heavy atom. The first-order valence-electron chi connectivity index (χ1n) is 20.4. The Morgan fingerprint density at radius 3 is 2.00 bits per heavy atom. The Bertz CT molecular complexity index is 1190. The van der Waals surface area contributed by atoms with Crippen LogP contribution in [0.3, 0.4) is 0 Å². The van der Waals surface area contributed by atoms with E-state index in [1.165, 1.54) is 70.6 Å². The van der Waals surface area contributed by atoms with E-state index in [1.807, 2.05) is 0 Å². The van der Waals surface area contributed by atoms with Gasteiger partial charge in [0.05, 0.1) is 12.7 Å². The van der Waals surface area contributed by atoms with Gasteiger partial charge < -0.3 is 45.8 Å². The molecule has 1 aliphatic heterocycles. The van der Waals surface area contributed by atoms with Gasteiger partial charge in [-0.1, -0.05) is 54.9 Å². The molecule has 6 fully saturated rings. The molecule has 0 bridgehead atoms. The molecule has 0 aromatic heterocycles. The Labute approximate surface area is 302 Å². The molecule has 9 heteroatoms. The molecule has 0 aromatic rings. The standard InChI is InChI=1S/C41H73NO8/c1-23(9-10-26(43)32(45)27(44)22-49-36-35(48)34(47)33(46)28(21-42)50-36)24-13-18-38(4)25(24)14-19-40(6)30(38)11-12-31-39(5)17-8-16-37(2,3)29(39)15-20-41(31,40)7/h23-36,43-48H,8-22,42H2,1-7H3/t23-,24-,25?,26+,27-,28+,29?,30?,31?,32+,33+,34-,35+,36+,38-,39-,40+,41+/m0/s1. The highest BCUT2D eigenvalue weighted by Crippen LogP contribution is 2.78. The molecule has 290 valence electrons. The van der Waals surface area contributed by atoms with Crippen LogP contribution in [0.1, 0.15) is 132 Å². The highest BCUT2D eigenvalue weighted by molar-refractivity contribution is 5.19. The summed E-state index contributed by atoms with van der Waals surface area (Å²) in [5.41, 5.74) is 7.62. The summed E-state index contributed by atoms with van der Waals surface area (Å²) in [5.74, 6) is 4.11. The normalized spacial score (nSPS) is 51.0. The monoisotopic (exact) mass is 708 g/mol. The molecule has 0 radical (unpaired) electrons. The summed E-state index contributed by atoms with van der Waals surface area (Å²) in [6.07, 6.45) is 5.33. The first-order chi connectivity index (χ1) is 23.4. The Kier molecular flexibility index (Phi) is 11.1. The molecule has 5 saturated carbocycles. The fourth-order valence-electron chi connectivity index (χ4n) is 14.6. The number of ether oxygens (including phenoxy) is 2. The Balaban J connectivity index is 1.05. The van der Waals surface area contributed by atoms with Crippen LogP contribution >= 0.6 is 0 Å². The van der Waals surface area contributed by atoms with E-state index in [9.17, 15) is 30.6 Å². The summed E-state index contributed by atoms with van der Waals surface area (Å²) in [4.78, 5) is 0. The van der Waals surface area contributed by atoms with E-state index in [4.69, 9.17) is 15.2 Å². The topological polar surface area (TPSA) is 166 Å². The van der Waals surface area contributed by atoms with Crippen LogP contribution in [0.15, 0.2) is 0 Å². The first-order valence-corrected chi connectivity index (χ1v) is 20.4. The predicted octanol–water partition coefficient (Wildman–Crippen LogP) is 4.76. The molecular weight excluding hydrogens is 634 g/mol. The number of aliphatic hydroxyl groups is 6. The van der Waals surface area contributed by atoms with Crippen molar-refractivity contribution in [3.63, 3.8) is 0 Å². The molecule has 9 nitrogen and oxygen atoms in total. The zero-order chi connectivity index (χ0) is 36.6. The van der Waals surface area contributed by atoms with Crippen molar-refractivity contribution in [1.29, 1.82) is 0 Å². The SMILES string of the molecule is C[C@@H](CC[C@@H](O)[C@@H](O)[C@@H](O)CO[C@@H]1O[C@H](CN)[C@@H](O)[C@H](O)[C@H]1O)[C@@H]1CC[C@@]2(C)C1CC[C@]1(C)C2CCC2[C@@]3(C)CCCC(C)(C)C3CC[C@]21C. The van der Waals surface area contributed by atoms with Gasteiger partial charge in [-0.05, 0) is 140 Å². The van der Waals surface area contributed by atoms with Gasteiger partial charge in [0, 0.05) is 6.54 Å². The van der Waals surface area contributed by atoms with Gasteiger partial charge >= 0.3 is 0 Å². The van der Waals surface area contributed by atoms with E-state index in [0.29, 0.717) is 51.2 Å². The third-order valence-corrected chi connectivity index (χ3v) is 17.5. The van der Waals surface area contributed by atoms with Crippen LogP contribution in [0.5, 0.6) is 0 Å². The zero-order valence-electron chi connectivity index (χ0n) is 32.3. The van der Waals surface area contributed by atoms with Crippen LogP contribution in [-0.4, -0.2) is 92.8 Å². The third kappa shape index (κ3) is 6.17. The minimum absolute atomic E-state index is 0.0911. The highest BCUT2D eigenvalue weighted by Gasteiger charge is 2.70. The minimum Gasteiger partial charge on any atom is -0.390 e. The molecule has 5 aliphatic carbocycles. The van der Waals surface area contributed by atoms with Crippen molar-refractivity contribution < 1.29 is 40.1 Å². The van der Waals surface area contributed by atoms with Crippen molar-refractivity contribution in [3.05, 3.63) is 0 Å². The Morgan fingerprint density at radius 1 is 0.700 bits per heavy atom. The van der Waals surface area contributed by atoms with Gasteiger partial charge in [0.25, 0.3) is 0 Å². The van der Waals surface area contributed by atoms with Crippen LogP contribution in [0, 0.1) is 62.6 Å². The number of hydrogen-bond donors (Lipinski definition) is 7. The molecule has 6 rings (SSSR count). The van der Waals surface area contributed by atoms with Gasteiger partial charge in [0.1, 0.15) is 36.6 Å². The molecule has 1 saturated heterocycles. The maximum atomic E-state index is 10.9. The van der Waals surface area contributed by atoms with Gasteiger partial charge in [0.2, 0.25) is 0 Å². The number of rotatable bonds is 10. The van der Waals surface area contributed by atoms with Crippen molar-refractivity contribution in [3.8, 4) is 0 Å². The van der Waals surface area contributed by atoms with Gasteiger partial charge in [0.15, 0.2) is 6.29 Å². The maximum Gasteiger partial charge on any atom is 0.186 e. The van der Waals surface area contributed by atoms with E-state index in [1.54, 1.807) is 0 Å². The van der Waals surface area contributed by atoms with Crippen molar-refractivity contribution in [2.75, 3.05) is 13.2 Å². The average Bonchev–Trinajstić information content (AvgIpc) is 3.42. The molecule has 6 aliphatic rings. The third-order valence-electron chi connectivity index (χ3n) is 17.5. The number of fused-ring (bicyclic) bond motifs is 7. The molecule has 1 heterocycles. The number of aliphatic hydroxyl groups excluding tert-OH is 6. The van der Waals surface area contributed by atoms with Crippen LogP contribution in [0.2, 0.25) is 0 Å². The van der Waals surface area contributed by atoms with Crippen molar-refractivity contribution in [2.45, 2.75) is 181 Å². The molecule has 0 aromatic carbocycles. The second kappa shape index (κ2) is 14.1. The van der Waals surface area contributed by atoms with Gasteiger partial charge in [-0.15, -0.1) is 0 Å². The summed E-state index contributed by atoms with van der Waals surface area (Å²) in [6.45, 7) is 17.7. The van der Waals surface area contributed by atoms with Crippen molar-refractivity contribution in [2.24, 2.45) is 68.3 Å². The van der Waals surface area contributed by atoms with Crippen LogP contribution in [-0.2, 0) is 9.47 Å². The largest absolute Gasteiger partial charge is 0.390 e. The Hall–Kier alpha value is -0.360. The zero-order valence-corrected chi connectivity index (χ0v) is 32.3. The van der Waals surface area contributed by atoms with Crippen molar-refractivity contribution in [1.82, 2.24) is 0 Å². The molecule has 0 amide bonds. The lowest BCUT2D eigenvalue weighted by Gasteiger charge is -2.73. The van der Waals surface area contributed by atoms with E-state index >= 15 is 0 Å². The predicted molar refractivity (Wildman–Crippen MR) is 193 cm³/mol. The van der Waals surface area contributed by atoms with Crippen LogP contribution in [0.4, 0.5) is 0 Å². The van der Waals surface area contributed by atoms with E-state index in [0.717, 1.165) is 24.2 Å². The van der Waals surface area contributed by atoms with Crippen LogP contribution < -0.4 is 5.73 Å². The number of nitrogens with two attached hydrogens (primary N) is 1. The first kappa shape index (κ1) is 39.3. The van der Waals surface area contributed by atoms with Crippen molar-refractivity contribution >= 4 is 0 Å². The number of hydrogen-bond acceptors (Lipinski definition) is 9. The summed E-state index contributed by atoms with van der Waals surface area (Å²) in [5, 5.41) is 62.7. The second-order valence-electron chi connectivity index (χ2n) is 20.1. The lowest BCUT2D eigenvalue weighted by Crippen LogP contribution is -2.65. The molecule has 18 atom stereocenters. The fourth-order valence-corrected chi connectivity index (χ4v) is 14.6. The highest BCUT2D eigenvalue weighted by atomic mass is 16.7. The molecule has 50 heavy (non-hydrogen) atoms. The van der Waals surface area contributed by atoms with E-state index in [2.05, 4.69) is 48.5 Å². The summed E-state index contributed by atoms with van der Waals surface area (Å²) in [6, 6.07) is 0. The van der Waals surface area contributed by atoms with E-state index < -0.39 is 55.6 Å². The molecule has 8 N–H and O–H groups in total. The summed E-state index contributed by atoms with van der Waals surface area (Å²) >= 11 is 0. The second-order valence-corrected chi connectivity index (χ2v) is 20.1. The van der Waals surface area contributed by atoms with Crippen LogP contribution in [0.25, 0.3) is 0 Å². The minimum atomic E-state index is -1.54. The fraction of sp³-hybridized carbons (Fsp3) is 1.00. The van der Waals surface area contributed by atoms with Gasteiger partial charge in [-0.2, -0.15) is 0 Å². The maximum absolute atomic E-state index is 10.9. The van der Waals surface area contributed by atoms with E-state index in [-0.39, 0.29) is 6.54 Å². The average molecular weight is 708 g/mol. The van der Waals surface area contributed by atoms with Gasteiger partial charge in [-0.25, -0.2) is 0 Å². The summed E-state index contributed by atoms with van der Waals surface area (Å²) in [7, 11) is 0. The lowest BCUT2D eigenvalue weighted by atomic mass is 9.32. The quantitative estimate of drug-likeness (QED) is 0.170. The summed E-state index contributed by atoms with van der Waals surface area (Å²) < 4.78 is 10.9. The molecular formula is C41H73NO8. The smallest absolute Gasteiger partial charge is 0.186 e. The molecule has 4 unspecified atom stereocenters. The lowest BCUT2D eigenvalue weighted by molar-refractivity contribution is -0.300. The molecule has 0 spiro atoms.